The summed E-state index contributed by atoms with van der Waals surface area (Å²) in [6.45, 7) is 17.0. The number of hydrogen-bond acceptors (Lipinski definition) is 4. The molecule has 2 heterocycles. The predicted octanol–water partition coefficient (Wildman–Crippen LogP) is 6.28. The van der Waals surface area contributed by atoms with E-state index in [-0.39, 0.29) is 45.0 Å². The molecule has 0 N–H and O–H groups in total. The van der Waals surface area contributed by atoms with Crippen molar-refractivity contribution in [3.05, 3.63) is 12.7 Å². The van der Waals surface area contributed by atoms with Crippen LogP contribution in [-0.2, 0) is 9.47 Å². The quantitative estimate of drug-likeness (QED) is 0.225. The third kappa shape index (κ3) is 9.02. The molecule has 0 aromatic rings. The summed E-state index contributed by atoms with van der Waals surface area (Å²) in [4.78, 5) is 29.1. The first-order valence-electron chi connectivity index (χ1n) is 11.9. The second-order valence-corrected chi connectivity index (χ2v) is 14.2. The number of nitrogens with zero attached hydrogens (tertiary/aromatic N) is 2. The van der Waals surface area contributed by atoms with Gasteiger partial charge in [0.15, 0.2) is 0 Å². The molecule has 0 aromatic heterocycles. The molecule has 2 rings (SSSR count). The average molecular weight is 563 g/mol. The van der Waals surface area contributed by atoms with Gasteiger partial charge < -0.3 is 19.3 Å². The van der Waals surface area contributed by atoms with Crippen molar-refractivity contribution >= 4 is 36.9 Å². The summed E-state index contributed by atoms with van der Waals surface area (Å²) in [5, 5.41) is 0. The Kier molecular flexibility index (Phi) is 10.0. The zero-order valence-electron chi connectivity index (χ0n) is 20.9. The molecule has 2 amide bonds. The highest BCUT2D eigenvalue weighted by Gasteiger charge is 2.32. The average Bonchev–Trinajstić information content (AvgIpc) is 3.02. The molecular formula is C25H43IN2O4. The summed E-state index contributed by atoms with van der Waals surface area (Å²) in [6, 6.07) is 0.336. The number of ether oxygens (including phenoxy) is 2. The SMILES string of the molecule is C=CC1CCCC(I=CCCC2CCCN2C(=O)OC(C)(C)C)CN1C(=O)OC(C)(C)C. The summed E-state index contributed by atoms with van der Waals surface area (Å²) >= 11 is -0.144. The Labute approximate surface area is 204 Å². The monoisotopic (exact) mass is 562 g/mol. The Morgan fingerprint density at radius 2 is 1.59 bits per heavy atom. The normalized spacial score (nSPS) is 25.2. The van der Waals surface area contributed by atoms with Crippen LogP contribution in [0.25, 0.3) is 0 Å². The number of carbonyl (C=O) groups excluding carboxylic acids is 2. The molecule has 2 aliphatic rings. The Morgan fingerprint density at radius 3 is 2.19 bits per heavy atom. The summed E-state index contributed by atoms with van der Waals surface area (Å²) < 4.78 is 14.2. The van der Waals surface area contributed by atoms with Crippen LogP contribution < -0.4 is 0 Å². The van der Waals surface area contributed by atoms with E-state index in [4.69, 9.17) is 9.47 Å². The van der Waals surface area contributed by atoms with Gasteiger partial charge in [-0.25, -0.2) is 9.59 Å². The molecule has 7 heteroatoms. The second-order valence-electron chi connectivity index (χ2n) is 10.8. The van der Waals surface area contributed by atoms with E-state index in [2.05, 4.69) is 10.6 Å². The number of likely N-dealkylation sites (tertiary alicyclic amines) is 2. The molecule has 0 bridgehead atoms. The van der Waals surface area contributed by atoms with Crippen LogP contribution in [0.15, 0.2) is 12.7 Å². The van der Waals surface area contributed by atoms with E-state index in [9.17, 15) is 9.59 Å². The smallest absolute Gasteiger partial charge is 0.410 e. The third-order valence-electron chi connectivity index (χ3n) is 5.59. The lowest BCUT2D eigenvalue weighted by Crippen LogP contribution is -2.44. The highest BCUT2D eigenvalue weighted by Crippen LogP contribution is 2.28. The van der Waals surface area contributed by atoms with Gasteiger partial charge in [0.1, 0.15) is 11.2 Å². The first-order chi connectivity index (χ1) is 14.9. The van der Waals surface area contributed by atoms with Gasteiger partial charge in [0.05, 0.1) is 6.04 Å². The number of halogens is 1. The fourth-order valence-electron chi connectivity index (χ4n) is 4.16. The van der Waals surface area contributed by atoms with Crippen molar-refractivity contribution in [3.63, 3.8) is 0 Å². The minimum absolute atomic E-state index is 0.0553. The van der Waals surface area contributed by atoms with E-state index in [1.165, 1.54) is 0 Å². The summed E-state index contributed by atoms with van der Waals surface area (Å²) in [6.07, 6.45) is 8.83. The molecule has 0 saturated carbocycles. The molecule has 3 atom stereocenters. The van der Waals surface area contributed by atoms with Crippen molar-refractivity contribution in [1.29, 1.82) is 0 Å². The molecule has 3 unspecified atom stereocenters. The number of carbonyl (C=O) groups is 2. The van der Waals surface area contributed by atoms with Gasteiger partial charge in [-0.05, 0) is 86.5 Å². The van der Waals surface area contributed by atoms with E-state index < -0.39 is 11.2 Å². The summed E-state index contributed by atoms with van der Waals surface area (Å²) in [7, 11) is 0. The Balaban J connectivity index is 1.91. The topological polar surface area (TPSA) is 59.1 Å². The molecular weight excluding hydrogens is 519 g/mol. The van der Waals surface area contributed by atoms with Gasteiger partial charge in [0.25, 0.3) is 0 Å². The maximum atomic E-state index is 12.8. The lowest BCUT2D eigenvalue weighted by molar-refractivity contribution is 0.0203. The van der Waals surface area contributed by atoms with E-state index in [0.717, 1.165) is 58.0 Å². The first-order valence-corrected chi connectivity index (χ1v) is 14.4. The van der Waals surface area contributed by atoms with Crippen LogP contribution in [0.4, 0.5) is 9.59 Å². The lowest BCUT2D eigenvalue weighted by Gasteiger charge is -2.31. The minimum atomic E-state index is -0.493. The largest absolute Gasteiger partial charge is 0.444 e. The highest BCUT2D eigenvalue weighted by atomic mass is 127. The second kappa shape index (κ2) is 11.8. The van der Waals surface area contributed by atoms with Crippen molar-refractivity contribution < 1.29 is 19.1 Å². The van der Waals surface area contributed by atoms with Gasteiger partial charge in [-0.2, -0.15) is 0 Å². The zero-order valence-corrected chi connectivity index (χ0v) is 23.0. The van der Waals surface area contributed by atoms with Crippen LogP contribution in [0.3, 0.4) is 0 Å². The van der Waals surface area contributed by atoms with E-state index in [0.29, 0.717) is 3.92 Å². The van der Waals surface area contributed by atoms with Crippen LogP contribution in [0.2, 0.25) is 0 Å². The van der Waals surface area contributed by atoms with Crippen molar-refractivity contribution in [2.45, 2.75) is 114 Å². The minimum Gasteiger partial charge on any atom is -0.444 e. The summed E-state index contributed by atoms with van der Waals surface area (Å²) in [5.41, 5.74) is -0.947. The molecule has 0 aliphatic carbocycles. The van der Waals surface area contributed by atoms with Gasteiger partial charge >= 0.3 is 12.2 Å². The first kappa shape index (κ1) is 27.1. The standard InChI is InChI=1S/C25H43IN2O4/c1-8-20-13-9-12-19(18-28(20)23(30)32-25(5,6)7)26-16-10-14-21-15-11-17-27(21)22(29)31-24(2,3)4/h8,16,19-21H,1,9-15,17-18H2,2-7H3. The Morgan fingerprint density at radius 1 is 0.969 bits per heavy atom. The third-order valence-corrected chi connectivity index (χ3v) is 8.76. The predicted molar refractivity (Wildman–Crippen MR) is 140 cm³/mol. The number of amides is 2. The molecule has 2 saturated heterocycles. The van der Waals surface area contributed by atoms with E-state index in [1.807, 2.05) is 57.4 Å². The van der Waals surface area contributed by atoms with Crippen molar-refractivity contribution in [1.82, 2.24) is 9.80 Å². The van der Waals surface area contributed by atoms with Crippen LogP contribution in [0, 0.1) is 0 Å². The van der Waals surface area contributed by atoms with E-state index >= 15 is 0 Å². The van der Waals surface area contributed by atoms with Crippen LogP contribution in [-0.4, -0.2) is 66.3 Å². The number of rotatable bonds is 5. The molecule has 0 radical (unpaired) electrons. The highest BCUT2D eigenvalue weighted by molar-refractivity contribution is 14.2. The maximum Gasteiger partial charge on any atom is 0.410 e. The Bertz CT molecular complexity index is 680. The van der Waals surface area contributed by atoms with Gasteiger partial charge in [-0.3, -0.25) is 0 Å². The van der Waals surface area contributed by atoms with Crippen LogP contribution in [0.5, 0.6) is 0 Å². The van der Waals surface area contributed by atoms with Gasteiger partial charge in [0.2, 0.25) is 0 Å². The number of hydrogen-bond donors (Lipinski definition) is 0. The van der Waals surface area contributed by atoms with Crippen molar-refractivity contribution in [3.8, 4) is 0 Å². The lowest BCUT2D eigenvalue weighted by atomic mass is 10.1. The fourth-order valence-corrected chi connectivity index (χ4v) is 7.05. The molecule has 184 valence electrons. The van der Waals surface area contributed by atoms with Gasteiger partial charge in [-0.15, -0.1) is 27.3 Å². The molecule has 2 aliphatic heterocycles. The van der Waals surface area contributed by atoms with Crippen molar-refractivity contribution in [2.75, 3.05) is 13.1 Å². The van der Waals surface area contributed by atoms with Crippen LogP contribution in [0.1, 0.15) is 86.5 Å². The fraction of sp³-hybridized carbons (Fsp3) is 0.800. The Hall–Kier alpha value is -1.12. The zero-order chi connectivity index (χ0) is 23.9. The maximum absolute atomic E-state index is 12.8. The van der Waals surface area contributed by atoms with Crippen molar-refractivity contribution in [2.24, 2.45) is 0 Å². The van der Waals surface area contributed by atoms with Gasteiger partial charge in [0, 0.05) is 23.1 Å². The van der Waals surface area contributed by atoms with Crippen LogP contribution >= 0.6 is 20.7 Å². The molecule has 32 heavy (non-hydrogen) atoms. The molecule has 0 spiro atoms. The van der Waals surface area contributed by atoms with E-state index in [1.54, 1.807) is 0 Å². The number of alkyl halides is 1. The molecule has 2 fully saturated rings. The van der Waals surface area contributed by atoms with Gasteiger partial charge in [-0.1, -0.05) is 10.1 Å². The molecule has 0 aromatic carbocycles. The molecule has 6 nitrogen and oxygen atoms in total. The summed E-state index contributed by atoms with van der Waals surface area (Å²) in [5.74, 6) is 0.